The Hall–Kier alpha value is -3.56. The predicted octanol–water partition coefficient (Wildman–Crippen LogP) is 2.70. The first-order chi connectivity index (χ1) is 15.7. The van der Waals surface area contributed by atoms with Crippen LogP contribution in [0.2, 0.25) is 5.28 Å². The zero-order valence-electron chi connectivity index (χ0n) is 18.0. The van der Waals surface area contributed by atoms with Crippen LogP contribution in [-0.2, 0) is 20.8 Å². The molecule has 0 spiro atoms. The van der Waals surface area contributed by atoms with Gasteiger partial charge in [-0.15, -0.1) is 0 Å². The van der Waals surface area contributed by atoms with Gasteiger partial charge in [0.15, 0.2) is 17.3 Å². The molecule has 9 nitrogen and oxygen atoms in total. The van der Waals surface area contributed by atoms with Crippen molar-refractivity contribution < 1.29 is 35.2 Å². The van der Waals surface area contributed by atoms with Crippen LogP contribution < -0.4 is 0 Å². The van der Waals surface area contributed by atoms with Crippen LogP contribution in [0, 0.1) is 17.8 Å². The van der Waals surface area contributed by atoms with E-state index in [0.717, 1.165) is 0 Å². The van der Waals surface area contributed by atoms with Crippen molar-refractivity contribution in [3.63, 3.8) is 0 Å². The summed E-state index contributed by atoms with van der Waals surface area (Å²) in [6, 6.07) is 3.10. The van der Waals surface area contributed by atoms with E-state index in [1.54, 1.807) is 6.07 Å². The van der Waals surface area contributed by atoms with Gasteiger partial charge in [-0.3, -0.25) is 14.4 Å². The van der Waals surface area contributed by atoms with Gasteiger partial charge in [0, 0.05) is 30.0 Å². The highest BCUT2D eigenvalue weighted by atomic mass is 35.5. The number of ketones is 3. The molecule has 5 rings (SSSR count). The molecule has 0 bridgehead atoms. The molecule has 176 valence electrons. The number of carbonyl (C=O) groups is 3. The number of aliphatic hydroxyl groups excluding tert-OH is 2. The molecule has 10 heteroatoms. The van der Waals surface area contributed by atoms with Gasteiger partial charge in [-0.05, 0) is 60.4 Å². The topological polar surface area (TPSA) is 169 Å². The minimum absolute atomic E-state index is 0. The molecule has 0 saturated heterocycles. The number of hydrogen-bond donors (Lipinski definition) is 3. The molecule has 0 radical (unpaired) electrons. The molecule has 2 aromatic rings. The van der Waals surface area contributed by atoms with Crippen LogP contribution in [0.15, 0.2) is 41.4 Å². The third kappa shape index (κ3) is 3.39. The number of Topliss-reactive ketones (excluding diaryl/α,β-unsaturated/α-hetero) is 3. The second-order valence-corrected chi connectivity index (χ2v) is 9.01. The van der Waals surface area contributed by atoms with Gasteiger partial charge in [0.1, 0.15) is 17.3 Å². The van der Waals surface area contributed by atoms with Gasteiger partial charge < -0.3 is 20.8 Å². The first-order valence-corrected chi connectivity index (χ1v) is 10.8. The van der Waals surface area contributed by atoms with Crippen LogP contribution in [0.3, 0.4) is 0 Å². The Morgan fingerprint density at radius 1 is 1.09 bits per heavy atom. The number of aromatic hydroxyl groups is 1. The van der Waals surface area contributed by atoms with E-state index in [9.17, 15) is 29.7 Å². The molecule has 1 fully saturated rings. The van der Waals surface area contributed by atoms with Crippen LogP contribution in [0.1, 0.15) is 30.9 Å². The number of aliphatic hydroxyl groups is 2. The molecule has 0 aliphatic heterocycles. The third-order valence-electron chi connectivity index (χ3n) is 6.81. The van der Waals surface area contributed by atoms with E-state index >= 15 is 0 Å². The Kier molecular flexibility index (Phi) is 5.79. The van der Waals surface area contributed by atoms with Crippen molar-refractivity contribution in [1.82, 2.24) is 9.97 Å². The minimum atomic E-state index is -1.06. The van der Waals surface area contributed by atoms with Crippen molar-refractivity contribution in [2.24, 2.45) is 17.8 Å². The van der Waals surface area contributed by atoms with E-state index in [1.165, 1.54) is 25.4 Å². The van der Waals surface area contributed by atoms with E-state index in [-0.39, 0.29) is 45.4 Å². The number of hydrogen-bond acceptors (Lipinski definition) is 8. The second kappa shape index (κ2) is 8.34. The molecule has 3 aliphatic carbocycles. The van der Waals surface area contributed by atoms with Crippen molar-refractivity contribution >= 4 is 34.7 Å². The van der Waals surface area contributed by atoms with Gasteiger partial charge in [-0.2, -0.15) is 0 Å². The minimum Gasteiger partial charge on any atom is -0.511 e. The maximum Gasteiger partial charge on any atom is 0.222 e. The highest BCUT2D eigenvalue weighted by Gasteiger charge is 2.50. The predicted molar refractivity (Wildman–Crippen MR) is 121 cm³/mol. The number of rotatable bonds is 2. The Morgan fingerprint density at radius 3 is 2.41 bits per heavy atom. The molecule has 5 N–H and O–H groups in total. The summed E-state index contributed by atoms with van der Waals surface area (Å²) < 4.78 is 0. The number of halogens is 1. The first-order valence-electron chi connectivity index (χ1n) is 10.5. The Labute approximate surface area is 198 Å². The molecule has 34 heavy (non-hydrogen) atoms. The van der Waals surface area contributed by atoms with E-state index in [4.69, 9.17) is 11.6 Å². The van der Waals surface area contributed by atoms with Crippen LogP contribution in [0.25, 0.3) is 16.9 Å². The molecule has 1 saturated carbocycles. The van der Waals surface area contributed by atoms with Gasteiger partial charge in [0.2, 0.25) is 5.28 Å². The summed E-state index contributed by atoms with van der Waals surface area (Å²) in [5, 5.41) is 32.4. The lowest BCUT2D eigenvalue weighted by molar-refractivity contribution is -0.127. The monoisotopic (exact) mass is 484 g/mol. The Morgan fingerprint density at radius 2 is 1.76 bits per heavy atom. The van der Waals surface area contributed by atoms with Crippen LogP contribution in [0.5, 0.6) is 5.75 Å². The molecule has 3 aliphatic rings. The number of aromatic nitrogens is 2. The standard InChI is InChI=1S/C24H19ClN2O6.H2O/c1-9(28)17-16(30)6-11-4-10-5-14-13(12-7-26-24(25)27-8-12)2-3-15(29)20(14)23(33)18(10)22(32)19(11)21(17)31;/h2-3,7-8,10-11,19,29,31,33H,4-6H2,1H3;1H2/t10-,11+,19?;/m1./s1. The van der Waals surface area contributed by atoms with Crippen molar-refractivity contribution in [2.75, 3.05) is 0 Å². The van der Waals surface area contributed by atoms with Crippen molar-refractivity contribution in [1.29, 1.82) is 0 Å². The quantitative estimate of drug-likeness (QED) is 0.431. The van der Waals surface area contributed by atoms with Crippen LogP contribution >= 0.6 is 11.6 Å². The molecule has 3 atom stereocenters. The molecule has 1 aromatic carbocycles. The summed E-state index contributed by atoms with van der Waals surface area (Å²) in [4.78, 5) is 45.8. The van der Waals surface area contributed by atoms with Crippen molar-refractivity contribution in [2.45, 2.75) is 26.2 Å². The number of fused-ring (bicyclic) bond motifs is 3. The second-order valence-electron chi connectivity index (χ2n) is 8.67. The molecule has 1 aromatic heterocycles. The van der Waals surface area contributed by atoms with Gasteiger partial charge in [-0.25, -0.2) is 9.97 Å². The molecule has 1 unspecified atom stereocenters. The van der Waals surface area contributed by atoms with Crippen LogP contribution in [0.4, 0.5) is 0 Å². The van der Waals surface area contributed by atoms with E-state index in [1.807, 2.05) is 0 Å². The number of phenols is 1. The zero-order valence-corrected chi connectivity index (χ0v) is 18.8. The first kappa shape index (κ1) is 23.6. The Balaban J connectivity index is 0.00000274. The lowest BCUT2D eigenvalue weighted by Gasteiger charge is -2.41. The SMILES string of the molecule is CC(=O)C1=C(O)C2C(=O)C3=C(O)c4c(O)ccc(-c5cnc(Cl)nc5)c4C[C@H]3C[C@H]2CC1=O.O. The number of nitrogens with zero attached hydrogens (tertiary/aromatic N) is 2. The van der Waals surface area contributed by atoms with Gasteiger partial charge >= 0.3 is 0 Å². The number of benzene rings is 1. The third-order valence-corrected chi connectivity index (χ3v) is 7.00. The normalized spacial score (nSPS) is 23.6. The summed E-state index contributed by atoms with van der Waals surface area (Å²) in [6.07, 6.45) is 3.74. The fraction of sp³-hybridized carbons (Fsp3) is 0.292. The largest absolute Gasteiger partial charge is 0.511 e. The summed E-state index contributed by atoms with van der Waals surface area (Å²) in [7, 11) is 0. The lowest BCUT2D eigenvalue weighted by atomic mass is 9.61. The van der Waals surface area contributed by atoms with Crippen molar-refractivity contribution in [3.05, 3.63) is 57.8 Å². The number of allylic oxidation sites excluding steroid dienone is 3. The zero-order chi connectivity index (χ0) is 23.6. The number of phenolic OH excluding ortho intramolecular Hbond substituents is 1. The molecule has 0 amide bonds. The average molecular weight is 485 g/mol. The van der Waals surface area contributed by atoms with E-state index in [2.05, 4.69) is 9.97 Å². The fourth-order valence-electron chi connectivity index (χ4n) is 5.48. The smallest absolute Gasteiger partial charge is 0.222 e. The summed E-state index contributed by atoms with van der Waals surface area (Å²) in [6.45, 7) is 1.17. The lowest BCUT2D eigenvalue weighted by Crippen LogP contribution is -2.43. The maximum absolute atomic E-state index is 13.5. The van der Waals surface area contributed by atoms with E-state index in [0.29, 0.717) is 29.5 Å². The maximum atomic E-state index is 13.5. The average Bonchev–Trinajstić information content (AvgIpc) is 2.74. The van der Waals surface area contributed by atoms with Gasteiger partial charge in [0.25, 0.3) is 0 Å². The molecular weight excluding hydrogens is 464 g/mol. The summed E-state index contributed by atoms with van der Waals surface area (Å²) in [5.41, 5.74) is 1.85. The number of carbonyl (C=O) groups excluding carboxylic acids is 3. The molecular formula is C24H21ClN2O7. The van der Waals surface area contributed by atoms with Crippen molar-refractivity contribution in [3.8, 4) is 16.9 Å². The van der Waals surface area contributed by atoms with Gasteiger partial charge in [-0.1, -0.05) is 6.07 Å². The van der Waals surface area contributed by atoms with E-state index < -0.39 is 40.9 Å². The molecule has 1 heterocycles. The highest BCUT2D eigenvalue weighted by Crippen LogP contribution is 2.51. The Bertz CT molecular complexity index is 1310. The summed E-state index contributed by atoms with van der Waals surface area (Å²) >= 11 is 5.80. The van der Waals surface area contributed by atoms with Crippen LogP contribution in [-0.4, -0.2) is 48.1 Å². The van der Waals surface area contributed by atoms with Gasteiger partial charge in [0.05, 0.1) is 17.1 Å². The fourth-order valence-corrected chi connectivity index (χ4v) is 5.57. The summed E-state index contributed by atoms with van der Waals surface area (Å²) in [5.74, 6) is -4.61. The highest BCUT2D eigenvalue weighted by molar-refractivity contribution is 6.28.